The van der Waals surface area contributed by atoms with Crippen LogP contribution in [-0.4, -0.2) is 55.9 Å². The molecule has 2 amide bonds. The molecule has 9 nitrogen and oxygen atoms in total. The molecule has 1 aromatic rings. The maximum atomic E-state index is 12.2. The molecule has 1 saturated heterocycles. The summed E-state index contributed by atoms with van der Waals surface area (Å²) in [5.41, 5.74) is 1.91. The third-order valence-corrected chi connectivity index (χ3v) is 6.52. The Kier molecular flexibility index (Phi) is 6.53. The number of carbonyl (C=O) groups excluding carboxylic acids is 2. The SMILES string of the molecule is CC#CCOc1ccc(N2CC(CC(C)(C(=O)NO)S(C)(=O)=O)OC2=O)cc1. The van der Waals surface area contributed by atoms with E-state index >= 15 is 0 Å². The van der Waals surface area contributed by atoms with Gasteiger partial charge in [0.2, 0.25) is 0 Å². The van der Waals surface area contributed by atoms with E-state index in [9.17, 15) is 18.0 Å². The summed E-state index contributed by atoms with van der Waals surface area (Å²) in [5.74, 6) is 4.99. The molecule has 1 aromatic carbocycles. The summed E-state index contributed by atoms with van der Waals surface area (Å²) in [6, 6.07) is 6.67. The van der Waals surface area contributed by atoms with Crippen LogP contribution in [0.3, 0.4) is 0 Å². The third kappa shape index (κ3) is 4.55. The quantitative estimate of drug-likeness (QED) is 0.392. The Balaban J connectivity index is 2.12. The highest BCUT2D eigenvalue weighted by molar-refractivity contribution is 7.92. The zero-order valence-electron chi connectivity index (χ0n) is 15.8. The summed E-state index contributed by atoms with van der Waals surface area (Å²) >= 11 is 0. The number of rotatable bonds is 7. The fourth-order valence-corrected chi connectivity index (χ4v) is 3.59. The molecule has 0 saturated carbocycles. The van der Waals surface area contributed by atoms with Gasteiger partial charge < -0.3 is 9.47 Å². The summed E-state index contributed by atoms with van der Waals surface area (Å²) in [6.07, 6.45) is -0.911. The van der Waals surface area contributed by atoms with Crippen molar-refractivity contribution in [2.45, 2.75) is 31.1 Å². The van der Waals surface area contributed by atoms with Gasteiger partial charge >= 0.3 is 6.09 Å². The highest BCUT2D eigenvalue weighted by atomic mass is 32.2. The zero-order valence-corrected chi connectivity index (χ0v) is 16.6. The Morgan fingerprint density at radius 2 is 2.07 bits per heavy atom. The first-order chi connectivity index (χ1) is 13.1. The number of hydrogen-bond acceptors (Lipinski definition) is 7. The number of anilines is 1. The van der Waals surface area contributed by atoms with Crippen LogP contribution < -0.4 is 15.1 Å². The number of benzene rings is 1. The lowest BCUT2D eigenvalue weighted by Gasteiger charge is -2.26. The van der Waals surface area contributed by atoms with E-state index in [-0.39, 0.29) is 19.6 Å². The number of hydroxylamine groups is 1. The van der Waals surface area contributed by atoms with Crippen LogP contribution in [0.5, 0.6) is 5.75 Å². The number of sulfone groups is 1. The number of ether oxygens (including phenoxy) is 2. The molecule has 2 unspecified atom stereocenters. The number of amides is 2. The van der Waals surface area contributed by atoms with Crippen LogP contribution in [-0.2, 0) is 19.4 Å². The molecule has 0 radical (unpaired) electrons. The summed E-state index contributed by atoms with van der Waals surface area (Å²) in [4.78, 5) is 25.5. The van der Waals surface area contributed by atoms with Crippen molar-refractivity contribution in [3.63, 3.8) is 0 Å². The number of nitrogens with one attached hydrogen (secondary N) is 1. The van der Waals surface area contributed by atoms with Gasteiger partial charge in [-0.05, 0) is 38.1 Å². The summed E-state index contributed by atoms with van der Waals surface area (Å²) < 4.78 is 32.8. The van der Waals surface area contributed by atoms with E-state index in [2.05, 4.69) is 11.8 Å². The van der Waals surface area contributed by atoms with Crippen molar-refractivity contribution in [1.29, 1.82) is 0 Å². The lowest BCUT2D eigenvalue weighted by molar-refractivity contribution is -0.132. The van der Waals surface area contributed by atoms with Crippen molar-refractivity contribution < 1.29 is 32.7 Å². The molecule has 152 valence electrons. The second-order valence-corrected chi connectivity index (χ2v) is 8.92. The first-order valence-corrected chi connectivity index (χ1v) is 10.3. The average molecular weight is 410 g/mol. The number of nitrogens with zero attached hydrogens (tertiary/aromatic N) is 1. The maximum Gasteiger partial charge on any atom is 0.414 e. The average Bonchev–Trinajstić information content (AvgIpc) is 3.00. The standard InChI is InChI=1S/C18H22N2O7S/c1-4-5-10-26-14-8-6-13(7-9-14)20-12-15(27-17(20)22)11-18(2,16(21)19-23)28(3,24)25/h6-9,15,23H,10-12H2,1-3H3,(H,19,21). The predicted molar refractivity (Wildman–Crippen MR) is 101 cm³/mol. The Bertz CT molecular complexity index is 902. The Morgan fingerprint density at radius 3 is 2.61 bits per heavy atom. The van der Waals surface area contributed by atoms with Crippen LogP contribution in [0, 0.1) is 11.8 Å². The zero-order chi connectivity index (χ0) is 20.9. The van der Waals surface area contributed by atoms with E-state index < -0.39 is 32.7 Å². The van der Waals surface area contributed by atoms with Crippen molar-refractivity contribution in [3.05, 3.63) is 24.3 Å². The summed E-state index contributed by atoms with van der Waals surface area (Å²) in [6.45, 7) is 3.20. The number of carbonyl (C=O) groups is 2. The largest absolute Gasteiger partial charge is 0.481 e. The second kappa shape index (κ2) is 8.50. The monoisotopic (exact) mass is 410 g/mol. The van der Waals surface area contributed by atoms with Crippen LogP contribution in [0.25, 0.3) is 0 Å². The molecule has 1 fully saturated rings. The van der Waals surface area contributed by atoms with Crippen molar-refractivity contribution in [2.24, 2.45) is 0 Å². The molecular formula is C18H22N2O7S. The van der Waals surface area contributed by atoms with Gasteiger partial charge in [0.15, 0.2) is 14.6 Å². The van der Waals surface area contributed by atoms with Crippen molar-refractivity contribution >= 4 is 27.5 Å². The van der Waals surface area contributed by atoms with Crippen LogP contribution in [0.1, 0.15) is 20.3 Å². The molecule has 10 heteroatoms. The van der Waals surface area contributed by atoms with E-state index in [0.29, 0.717) is 11.4 Å². The third-order valence-electron chi connectivity index (χ3n) is 4.53. The Morgan fingerprint density at radius 1 is 1.43 bits per heavy atom. The minimum atomic E-state index is -3.89. The smallest absolute Gasteiger partial charge is 0.414 e. The lowest BCUT2D eigenvalue weighted by atomic mass is 10.0. The van der Waals surface area contributed by atoms with E-state index in [0.717, 1.165) is 6.26 Å². The first kappa shape index (κ1) is 21.5. The molecule has 0 spiro atoms. The van der Waals surface area contributed by atoms with Crippen LogP contribution >= 0.6 is 0 Å². The van der Waals surface area contributed by atoms with Gasteiger partial charge in [0.05, 0.1) is 6.54 Å². The van der Waals surface area contributed by atoms with Gasteiger partial charge in [0.1, 0.15) is 18.5 Å². The van der Waals surface area contributed by atoms with Crippen molar-refractivity contribution in [1.82, 2.24) is 5.48 Å². The molecule has 2 rings (SSSR count). The van der Waals surface area contributed by atoms with E-state index in [1.54, 1.807) is 31.2 Å². The van der Waals surface area contributed by atoms with Gasteiger partial charge in [-0.2, -0.15) is 0 Å². The Hall–Kier alpha value is -2.77. The normalized spacial score (nSPS) is 18.5. The summed E-state index contributed by atoms with van der Waals surface area (Å²) in [5, 5.41) is 8.89. The van der Waals surface area contributed by atoms with Crippen molar-refractivity contribution in [2.75, 3.05) is 24.3 Å². The fourth-order valence-electron chi connectivity index (χ4n) is 2.72. The second-order valence-electron chi connectivity index (χ2n) is 6.47. The van der Waals surface area contributed by atoms with Gasteiger partial charge in [-0.25, -0.2) is 18.7 Å². The maximum absolute atomic E-state index is 12.2. The van der Waals surface area contributed by atoms with Crippen molar-refractivity contribution in [3.8, 4) is 17.6 Å². The molecule has 2 N–H and O–H groups in total. The predicted octanol–water partition coefficient (Wildman–Crippen LogP) is 1.11. The van der Waals surface area contributed by atoms with Gasteiger partial charge in [-0.1, -0.05) is 5.92 Å². The van der Waals surface area contributed by atoms with Gasteiger partial charge in [-0.3, -0.25) is 14.9 Å². The molecule has 1 heterocycles. The Labute approximate surface area is 163 Å². The van der Waals surface area contributed by atoms with Crippen LogP contribution in [0.4, 0.5) is 10.5 Å². The van der Waals surface area contributed by atoms with Gasteiger partial charge in [0, 0.05) is 18.4 Å². The highest BCUT2D eigenvalue weighted by Crippen LogP contribution is 2.30. The number of hydrogen-bond donors (Lipinski definition) is 2. The van der Waals surface area contributed by atoms with Gasteiger partial charge in [0.25, 0.3) is 5.91 Å². The molecule has 28 heavy (non-hydrogen) atoms. The molecule has 0 aliphatic carbocycles. The van der Waals surface area contributed by atoms with Gasteiger partial charge in [-0.15, -0.1) is 5.92 Å². The van der Waals surface area contributed by atoms with E-state index in [4.69, 9.17) is 14.7 Å². The molecule has 1 aliphatic heterocycles. The molecule has 2 atom stereocenters. The number of cyclic esters (lactones) is 1. The lowest BCUT2D eigenvalue weighted by Crippen LogP contribution is -2.51. The summed E-state index contributed by atoms with van der Waals surface area (Å²) in [7, 11) is -3.89. The van der Waals surface area contributed by atoms with Crippen LogP contribution in [0.2, 0.25) is 0 Å². The minimum absolute atomic E-state index is 0.0597. The van der Waals surface area contributed by atoms with E-state index in [1.165, 1.54) is 17.3 Å². The molecule has 1 aliphatic rings. The molecular weight excluding hydrogens is 388 g/mol. The molecule has 0 bridgehead atoms. The fraction of sp³-hybridized carbons (Fsp3) is 0.444. The van der Waals surface area contributed by atoms with Crippen LogP contribution in [0.15, 0.2) is 24.3 Å². The topological polar surface area (TPSA) is 122 Å². The van der Waals surface area contributed by atoms with E-state index in [1.807, 2.05) is 0 Å². The highest BCUT2D eigenvalue weighted by Gasteiger charge is 2.48. The first-order valence-electron chi connectivity index (χ1n) is 8.37. The minimum Gasteiger partial charge on any atom is -0.481 e. The molecule has 0 aromatic heterocycles.